The van der Waals surface area contributed by atoms with Gasteiger partial charge in [0.1, 0.15) is 17.1 Å². The zero-order chi connectivity index (χ0) is 24.2. The number of ether oxygens (including phenoxy) is 4. The van der Waals surface area contributed by atoms with E-state index >= 15 is 0 Å². The number of carbonyl (C=O) groups excluding carboxylic acids is 2. The molecule has 1 aliphatic rings. The van der Waals surface area contributed by atoms with Crippen LogP contribution in [0.2, 0.25) is 0 Å². The van der Waals surface area contributed by atoms with Crippen LogP contribution in [0.15, 0.2) is 36.4 Å². The molecule has 33 heavy (non-hydrogen) atoms. The Morgan fingerprint density at radius 3 is 2.39 bits per heavy atom. The van der Waals surface area contributed by atoms with E-state index < -0.39 is 5.60 Å². The second-order valence-electron chi connectivity index (χ2n) is 8.08. The molecule has 0 unspecified atom stereocenters. The largest absolute Gasteiger partial charge is 0.495 e. The molecule has 2 aromatic rings. The summed E-state index contributed by atoms with van der Waals surface area (Å²) in [5.74, 6) is 1.65. The summed E-state index contributed by atoms with van der Waals surface area (Å²) in [5.41, 5.74) is 1.22. The van der Waals surface area contributed by atoms with Crippen LogP contribution in [0, 0.1) is 0 Å². The number of amides is 2. The number of fused-ring (bicyclic) bond motifs is 1. The Balaban J connectivity index is 2.04. The van der Waals surface area contributed by atoms with Crippen molar-refractivity contribution >= 4 is 23.6 Å². The molecular formula is C25H30N2O6. The van der Waals surface area contributed by atoms with E-state index in [2.05, 4.69) is 5.32 Å². The molecule has 1 aliphatic heterocycles. The van der Waals surface area contributed by atoms with Crippen LogP contribution in [0.25, 0.3) is 6.08 Å². The Labute approximate surface area is 194 Å². The number of rotatable bonds is 8. The van der Waals surface area contributed by atoms with Crippen LogP contribution in [0.5, 0.6) is 23.0 Å². The quantitative estimate of drug-likeness (QED) is 0.655. The Hall–Kier alpha value is -3.68. The highest BCUT2D eigenvalue weighted by molar-refractivity contribution is 6.09. The van der Waals surface area contributed by atoms with Gasteiger partial charge in [-0.05, 0) is 50.3 Å². The van der Waals surface area contributed by atoms with Crippen LogP contribution < -0.4 is 29.2 Å². The molecule has 8 nitrogen and oxygen atoms in total. The SMILES string of the molecule is COc1ccc(N(CCNC(C)=O)C(=O)c2ccc3c(c2OC)C=CC(C)(C)O3)cc1OC. The standard InChI is InChI=1S/C25H30N2O6/c1-16(28)26-13-14-27(17-7-9-21(30-4)22(15-17)31-5)24(29)19-8-10-20-18(23(19)32-6)11-12-25(2,3)33-20/h7-12,15H,13-14H2,1-6H3,(H,26,28). The molecule has 0 fully saturated rings. The molecule has 0 saturated heterocycles. The summed E-state index contributed by atoms with van der Waals surface area (Å²) in [6.07, 6.45) is 3.83. The van der Waals surface area contributed by atoms with E-state index in [9.17, 15) is 9.59 Å². The number of benzene rings is 2. The average molecular weight is 455 g/mol. The summed E-state index contributed by atoms with van der Waals surface area (Å²) in [7, 11) is 4.61. The van der Waals surface area contributed by atoms with Gasteiger partial charge in [0.05, 0.1) is 32.5 Å². The first-order valence-corrected chi connectivity index (χ1v) is 10.6. The normalized spacial score (nSPS) is 13.4. The van der Waals surface area contributed by atoms with Gasteiger partial charge in [-0.25, -0.2) is 0 Å². The molecule has 1 heterocycles. The number of carbonyl (C=O) groups is 2. The van der Waals surface area contributed by atoms with Crippen LogP contribution in [0.4, 0.5) is 5.69 Å². The number of anilines is 1. The van der Waals surface area contributed by atoms with Gasteiger partial charge in [-0.15, -0.1) is 0 Å². The fraction of sp³-hybridized carbons (Fsp3) is 0.360. The molecule has 3 rings (SSSR count). The third-order valence-electron chi connectivity index (χ3n) is 5.25. The van der Waals surface area contributed by atoms with Gasteiger partial charge in [0.15, 0.2) is 11.5 Å². The van der Waals surface area contributed by atoms with E-state index in [-0.39, 0.29) is 24.9 Å². The van der Waals surface area contributed by atoms with E-state index in [0.29, 0.717) is 39.8 Å². The zero-order valence-electron chi connectivity index (χ0n) is 19.9. The second kappa shape index (κ2) is 9.85. The van der Waals surface area contributed by atoms with Gasteiger partial charge >= 0.3 is 0 Å². The number of nitrogens with one attached hydrogen (secondary N) is 1. The molecular weight excluding hydrogens is 424 g/mol. The summed E-state index contributed by atoms with van der Waals surface area (Å²) >= 11 is 0. The molecule has 0 radical (unpaired) electrons. The third kappa shape index (κ3) is 5.22. The summed E-state index contributed by atoms with van der Waals surface area (Å²) in [6.45, 7) is 5.87. The lowest BCUT2D eigenvalue weighted by atomic mass is 9.99. The smallest absolute Gasteiger partial charge is 0.262 e. The highest BCUT2D eigenvalue weighted by Gasteiger charge is 2.29. The van der Waals surface area contributed by atoms with Gasteiger partial charge in [-0.3, -0.25) is 9.59 Å². The maximum atomic E-state index is 13.8. The molecule has 1 N–H and O–H groups in total. The summed E-state index contributed by atoms with van der Waals surface area (Å²) in [4.78, 5) is 26.7. The summed E-state index contributed by atoms with van der Waals surface area (Å²) < 4.78 is 22.4. The second-order valence-corrected chi connectivity index (χ2v) is 8.08. The first-order valence-electron chi connectivity index (χ1n) is 10.6. The van der Waals surface area contributed by atoms with E-state index in [1.165, 1.54) is 21.1 Å². The van der Waals surface area contributed by atoms with Crippen molar-refractivity contribution in [2.45, 2.75) is 26.4 Å². The Bertz CT molecular complexity index is 1080. The van der Waals surface area contributed by atoms with Crippen molar-refractivity contribution in [3.8, 4) is 23.0 Å². The predicted octanol–water partition coefficient (Wildman–Crippen LogP) is 3.68. The predicted molar refractivity (Wildman–Crippen MR) is 127 cm³/mol. The van der Waals surface area contributed by atoms with Crippen molar-refractivity contribution in [2.75, 3.05) is 39.3 Å². The van der Waals surface area contributed by atoms with Gasteiger partial charge in [-0.2, -0.15) is 0 Å². The topological polar surface area (TPSA) is 86.3 Å². The fourth-order valence-corrected chi connectivity index (χ4v) is 3.65. The highest BCUT2D eigenvalue weighted by atomic mass is 16.5. The molecule has 0 saturated carbocycles. The van der Waals surface area contributed by atoms with E-state index in [1.807, 2.05) is 26.0 Å². The average Bonchev–Trinajstić information content (AvgIpc) is 2.79. The van der Waals surface area contributed by atoms with Crippen LogP contribution in [0.3, 0.4) is 0 Å². The summed E-state index contributed by atoms with van der Waals surface area (Å²) in [6, 6.07) is 8.69. The van der Waals surface area contributed by atoms with E-state index in [0.717, 1.165) is 0 Å². The third-order valence-corrected chi connectivity index (χ3v) is 5.25. The first-order chi connectivity index (χ1) is 15.7. The van der Waals surface area contributed by atoms with Gasteiger partial charge in [0, 0.05) is 31.8 Å². The fourth-order valence-electron chi connectivity index (χ4n) is 3.65. The van der Waals surface area contributed by atoms with Crippen molar-refractivity contribution in [3.63, 3.8) is 0 Å². The van der Waals surface area contributed by atoms with E-state index in [4.69, 9.17) is 18.9 Å². The minimum Gasteiger partial charge on any atom is -0.495 e. The Morgan fingerprint density at radius 1 is 1.03 bits per heavy atom. The summed E-state index contributed by atoms with van der Waals surface area (Å²) in [5, 5.41) is 2.74. The van der Waals surface area contributed by atoms with Crippen LogP contribution in [0.1, 0.15) is 36.7 Å². The van der Waals surface area contributed by atoms with Crippen molar-refractivity contribution in [1.82, 2.24) is 5.32 Å². The molecule has 0 bridgehead atoms. The number of hydrogen-bond donors (Lipinski definition) is 1. The van der Waals surface area contributed by atoms with Gasteiger partial charge in [0.25, 0.3) is 5.91 Å². The lowest BCUT2D eigenvalue weighted by Crippen LogP contribution is -2.38. The van der Waals surface area contributed by atoms with Crippen molar-refractivity contribution in [1.29, 1.82) is 0 Å². The molecule has 2 aromatic carbocycles. The Kier molecular flexibility index (Phi) is 7.16. The molecule has 0 aromatic heterocycles. The minimum atomic E-state index is -0.451. The highest BCUT2D eigenvalue weighted by Crippen LogP contribution is 2.40. The maximum absolute atomic E-state index is 13.8. The Morgan fingerprint density at radius 2 is 1.76 bits per heavy atom. The van der Waals surface area contributed by atoms with Crippen LogP contribution >= 0.6 is 0 Å². The van der Waals surface area contributed by atoms with Crippen molar-refractivity contribution < 1.29 is 28.5 Å². The van der Waals surface area contributed by atoms with Gasteiger partial charge in [0.2, 0.25) is 5.91 Å². The lowest BCUT2D eigenvalue weighted by molar-refractivity contribution is -0.118. The maximum Gasteiger partial charge on any atom is 0.262 e. The molecule has 0 spiro atoms. The van der Waals surface area contributed by atoms with Crippen molar-refractivity contribution in [2.24, 2.45) is 0 Å². The van der Waals surface area contributed by atoms with Gasteiger partial charge in [-0.1, -0.05) is 0 Å². The molecule has 8 heteroatoms. The van der Waals surface area contributed by atoms with Crippen LogP contribution in [-0.4, -0.2) is 51.8 Å². The van der Waals surface area contributed by atoms with E-state index in [1.54, 1.807) is 42.3 Å². The molecule has 0 aliphatic carbocycles. The number of hydrogen-bond acceptors (Lipinski definition) is 6. The first kappa shape index (κ1) is 24.0. The number of nitrogens with zero attached hydrogens (tertiary/aromatic N) is 1. The molecule has 176 valence electrons. The lowest BCUT2D eigenvalue weighted by Gasteiger charge is -2.30. The molecule has 2 amide bonds. The van der Waals surface area contributed by atoms with Gasteiger partial charge < -0.3 is 29.2 Å². The molecule has 0 atom stereocenters. The van der Waals surface area contributed by atoms with Crippen LogP contribution in [-0.2, 0) is 4.79 Å². The number of methoxy groups -OCH3 is 3. The minimum absolute atomic E-state index is 0.175. The zero-order valence-corrected chi connectivity index (χ0v) is 19.9. The monoisotopic (exact) mass is 454 g/mol. The van der Waals surface area contributed by atoms with Crippen molar-refractivity contribution in [3.05, 3.63) is 47.5 Å².